The van der Waals surface area contributed by atoms with Crippen molar-refractivity contribution in [2.24, 2.45) is 0 Å². The minimum Gasteiger partial charge on any atom is -0.458 e. The Labute approximate surface area is 128 Å². The summed E-state index contributed by atoms with van der Waals surface area (Å²) in [4.78, 5) is 0. The fraction of sp³-hybridized carbons (Fsp3) is 0. The molecule has 3 aromatic carbocycles. The Hall–Kier alpha value is -2.88. The topological polar surface area (TPSA) is 44.5 Å². The normalized spacial score (nSPS) is 13.4. The first-order valence-corrected chi connectivity index (χ1v) is 7.28. The highest BCUT2D eigenvalue weighted by Gasteiger charge is 2.39. The molecule has 0 bridgehead atoms. The first kappa shape index (κ1) is 11.7. The first-order valence-electron chi connectivity index (χ1n) is 7.28. The Morgan fingerprint density at radius 2 is 1.18 bits per heavy atom. The number of hydrogen-bond acceptors (Lipinski definition) is 3. The summed E-state index contributed by atoms with van der Waals surface area (Å²) in [6.07, 6.45) is 0. The van der Waals surface area contributed by atoms with E-state index in [0.717, 1.165) is 39.4 Å². The molecule has 2 aliphatic heterocycles. The van der Waals surface area contributed by atoms with Gasteiger partial charge in [0.2, 0.25) is 0 Å². The lowest BCUT2D eigenvalue weighted by molar-refractivity contribution is 0.465. The van der Waals surface area contributed by atoms with Gasteiger partial charge in [0.05, 0.1) is 0 Å². The smallest absolute Gasteiger partial charge is 0.260 e. The van der Waals surface area contributed by atoms with E-state index in [4.69, 9.17) is 15.2 Å². The van der Waals surface area contributed by atoms with Crippen molar-refractivity contribution in [2.45, 2.75) is 0 Å². The van der Waals surface area contributed by atoms with E-state index in [-0.39, 0.29) is 6.71 Å². The molecule has 22 heavy (non-hydrogen) atoms. The summed E-state index contributed by atoms with van der Waals surface area (Å²) in [5.74, 6) is 3.34. The van der Waals surface area contributed by atoms with Gasteiger partial charge in [-0.1, -0.05) is 36.4 Å². The maximum Gasteiger partial charge on any atom is 0.260 e. The van der Waals surface area contributed by atoms with E-state index in [9.17, 15) is 0 Å². The van der Waals surface area contributed by atoms with Crippen molar-refractivity contribution in [1.29, 1.82) is 0 Å². The van der Waals surface area contributed by atoms with Crippen LogP contribution in [0.5, 0.6) is 23.0 Å². The molecule has 2 N–H and O–H groups in total. The summed E-state index contributed by atoms with van der Waals surface area (Å²) in [6.45, 7) is 0.125. The van der Waals surface area contributed by atoms with Crippen LogP contribution in [-0.2, 0) is 0 Å². The van der Waals surface area contributed by atoms with Crippen LogP contribution < -0.4 is 31.6 Å². The van der Waals surface area contributed by atoms with Gasteiger partial charge in [0.25, 0.3) is 6.71 Å². The van der Waals surface area contributed by atoms with E-state index in [1.807, 2.05) is 48.5 Å². The number of rotatable bonds is 0. The Bertz CT molecular complexity index is 852. The van der Waals surface area contributed by atoms with Crippen molar-refractivity contribution < 1.29 is 9.47 Å². The van der Waals surface area contributed by atoms with Gasteiger partial charge in [-0.25, -0.2) is 0 Å². The number of fused-ring (bicyclic) bond motifs is 4. The maximum atomic E-state index is 6.06. The van der Waals surface area contributed by atoms with E-state index in [2.05, 4.69) is 12.1 Å². The molecule has 2 aliphatic rings. The van der Waals surface area contributed by atoms with Gasteiger partial charge in [-0.3, -0.25) is 0 Å². The zero-order valence-corrected chi connectivity index (χ0v) is 11.7. The fourth-order valence-electron chi connectivity index (χ4n) is 3.41. The number of hydrogen-bond donors (Lipinski definition) is 1. The predicted molar refractivity (Wildman–Crippen MR) is 88.5 cm³/mol. The van der Waals surface area contributed by atoms with Gasteiger partial charge in [0, 0.05) is 23.3 Å². The van der Waals surface area contributed by atoms with Crippen LogP contribution in [0.25, 0.3) is 0 Å². The van der Waals surface area contributed by atoms with Crippen LogP contribution in [0.15, 0.2) is 60.7 Å². The van der Waals surface area contributed by atoms with Crippen LogP contribution in [-0.4, -0.2) is 6.71 Å². The molecular weight excluding hydrogens is 273 g/mol. The molecular formula is C18H12BNO2. The molecule has 5 rings (SSSR count). The molecule has 0 atom stereocenters. The molecule has 0 amide bonds. The molecule has 3 nitrogen and oxygen atoms in total. The lowest BCUT2D eigenvalue weighted by Crippen LogP contribution is -2.57. The van der Waals surface area contributed by atoms with Crippen molar-refractivity contribution >= 4 is 28.8 Å². The van der Waals surface area contributed by atoms with E-state index in [1.54, 1.807) is 0 Å². The number of anilines is 1. The van der Waals surface area contributed by atoms with Crippen molar-refractivity contribution in [3.05, 3.63) is 60.7 Å². The van der Waals surface area contributed by atoms with Crippen molar-refractivity contribution in [2.75, 3.05) is 5.73 Å². The lowest BCUT2D eigenvalue weighted by Gasteiger charge is -2.32. The summed E-state index contributed by atoms with van der Waals surface area (Å²) >= 11 is 0. The number of para-hydroxylation sites is 2. The largest absolute Gasteiger partial charge is 0.458 e. The molecule has 3 aromatic rings. The molecule has 0 aromatic heterocycles. The highest BCUT2D eigenvalue weighted by molar-refractivity contribution is 6.98. The van der Waals surface area contributed by atoms with E-state index >= 15 is 0 Å². The molecule has 104 valence electrons. The van der Waals surface area contributed by atoms with E-state index < -0.39 is 0 Å². The zero-order chi connectivity index (χ0) is 14.7. The lowest BCUT2D eigenvalue weighted by atomic mass is 9.35. The van der Waals surface area contributed by atoms with E-state index in [1.165, 1.54) is 0 Å². The molecule has 4 heteroatoms. The Kier molecular flexibility index (Phi) is 2.18. The number of nitrogens with two attached hydrogens (primary N) is 1. The minimum absolute atomic E-state index is 0.125. The summed E-state index contributed by atoms with van der Waals surface area (Å²) in [6, 6.07) is 20.0. The van der Waals surface area contributed by atoms with Crippen LogP contribution in [0.3, 0.4) is 0 Å². The highest BCUT2D eigenvalue weighted by atomic mass is 16.5. The fourth-order valence-corrected chi connectivity index (χ4v) is 3.41. The highest BCUT2D eigenvalue weighted by Crippen LogP contribution is 2.35. The summed E-state index contributed by atoms with van der Waals surface area (Å²) in [7, 11) is 0. The van der Waals surface area contributed by atoms with Crippen LogP contribution >= 0.6 is 0 Å². The molecule has 0 saturated heterocycles. The summed E-state index contributed by atoms with van der Waals surface area (Å²) in [5.41, 5.74) is 10.0. The predicted octanol–water partition coefficient (Wildman–Crippen LogP) is 2.00. The number of ether oxygens (including phenoxy) is 2. The summed E-state index contributed by atoms with van der Waals surface area (Å²) in [5, 5.41) is 0. The van der Waals surface area contributed by atoms with Crippen molar-refractivity contribution in [3.8, 4) is 23.0 Å². The van der Waals surface area contributed by atoms with Gasteiger partial charge in [0.15, 0.2) is 0 Å². The van der Waals surface area contributed by atoms with Crippen molar-refractivity contribution in [1.82, 2.24) is 0 Å². The second-order valence-electron chi connectivity index (χ2n) is 5.64. The quantitative estimate of drug-likeness (QED) is 0.349. The average molecular weight is 285 g/mol. The standard InChI is InChI=1S/C18H12BNO2/c20-11-9-16-18-17(10-11)22-15-8-4-2-6-13(15)19(18)12-5-1-3-7-14(12)21-16/h1-10H,20H2. The van der Waals surface area contributed by atoms with E-state index in [0.29, 0.717) is 5.69 Å². The van der Waals surface area contributed by atoms with Gasteiger partial charge >= 0.3 is 0 Å². The molecule has 2 heterocycles. The van der Waals surface area contributed by atoms with Crippen molar-refractivity contribution in [3.63, 3.8) is 0 Å². The second kappa shape index (κ2) is 4.07. The molecule has 0 unspecified atom stereocenters. The average Bonchev–Trinajstić information content (AvgIpc) is 2.54. The third-order valence-corrected chi connectivity index (χ3v) is 4.31. The Morgan fingerprint density at radius 3 is 1.73 bits per heavy atom. The maximum absolute atomic E-state index is 6.06. The molecule has 0 saturated carbocycles. The number of benzene rings is 3. The molecule has 0 spiro atoms. The van der Waals surface area contributed by atoms with Gasteiger partial charge in [0.1, 0.15) is 23.0 Å². The van der Waals surface area contributed by atoms with Gasteiger partial charge in [-0.15, -0.1) is 0 Å². The summed E-state index contributed by atoms with van der Waals surface area (Å²) < 4.78 is 12.1. The Balaban J connectivity index is 1.88. The van der Waals surface area contributed by atoms with Crippen LogP contribution in [0, 0.1) is 0 Å². The molecule has 0 radical (unpaired) electrons. The SMILES string of the molecule is Nc1cc2c3c(c1)Oc1ccccc1B3c1ccccc1O2. The van der Waals surface area contributed by atoms with Crippen LogP contribution in [0.1, 0.15) is 0 Å². The van der Waals surface area contributed by atoms with Gasteiger partial charge in [-0.2, -0.15) is 0 Å². The third-order valence-electron chi connectivity index (χ3n) is 4.31. The second-order valence-corrected chi connectivity index (χ2v) is 5.64. The molecule has 0 fully saturated rings. The Morgan fingerprint density at radius 1 is 0.682 bits per heavy atom. The molecule has 0 aliphatic carbocycles. The van der Waals surface area contributed by atoms with Gasteiger partial charge in [-0.05, 0) is 23.1 Å². The van der Waals surface area contributed by atoms with Crippen LogP contribution in [0.4, 0.5) is 5.69 Å². The van der Waals surface area contributed by atoms with Gasteiger partial charge < -0.3 is 15.2 Å². The third kappa shape index (κ3) is 1.47. The first-order chi connectivity index (χ1) is 10.8. The monoisotopic (exact) mass is 285 g/mol. The zero-order valence-electron chi connectivity index (χ0n) is 11.7. The number of nitrogen functional groups attached to an aromatic ring is 1. The van der Waals surface area contributed by atoms with Crippen LogP contribution in [0.2, 0.25) is 0 Å². The minimum atomic E-state index is 0.125.